The van der Waals surface area contributed by atoms with E-state index in [2.05, 4.69) is 76.9 Å². The topological polar surface area (TPSA) is 23.5 Å². The molecule has 0 fully saturated rings. The average molecular weight is 386 g/mol. The lowest BCUT2D eigenvalue weighted by molar-refractivity contribution is 0.346. The molecule has 0 aliphatic rings. The molecule has 0 aliphatic heterocycles. The number of aromatic hydroxyl groups is 1. The quantitative estimate of drug-likeness (QED) is 0.582. The number of nitrogens with zero attached hydrogens (tertiary/aromatic N) is 1. The average Bonchev–Trinajstić information content (AvgIpc) is 2.65. The minimum Gasteiger partial charge on any atom is -0.507 e. The molecular formula is C24H36NOP. The van der Waals surface area contributed by atoms with E-state index in [1.54, 1.807) is 0 Å². The third-order valence-electron chi connectivity index (χ3n) is 5.87. The van der Waals surface area contributed by atoms with Crippen LogP contribution in [0.3, 0.4) is 0 Å². The molecule has 27 heavy (non-hydrogen) atoms. The van der Waals surface area contributed by atoms with Gasteiger partial charge in [0.15, 0.2) is 0 Å². The van der Waals surface area contributed by atoms with Crippen LogP contribution in [0.4, 0.5) is 0 Å². The number of hydrogen-bond donors (Lipinski definition) is 1. The van der Waals surface area contributed by atoms with Crippen LogP contribution in [0.1, 0.15) is 61.4 Å². The van der Waals surface area contributed by atoms with Crippen molar-refractivity contribution in [3.63, 3.8) is 0 Å². The second kappa shape index (κ2) is 9.22. The molecule has 0 spiro atoms. The van der Waals surface area contributed by atoms with Crippen molar-refractivity contribution < 1.29 is 5.11 Å². The molecule has 0 bridgehead atoms. The molecule has 0 saturated carbocycles. The first-order valence-corrected chi connectivity index (χ1v) is 11.1. The van der Waals surface area contributed by atoms with Crippen molar-refractivity contribution in [2.45, 2.75) is 66.1 Å². The zero-order chi connectivity index (χ0) is 20.2. The monoisotopic (exact) mass is 385 g/mol. The highest BCUT2D eigenvalue weighted by Crippen LogP contribution is 2.51. The van der Waals surface area contributed by atoms with Gasteiger partial charge in [0, 0.05) is 17.3 Å². The van der Waals surface area contributed by atoms with Crippen molar-refractivity contribution in [3.8, 4) is 5.75 Å². The number of rotatable bonds is 8. The lowest BCUT2D eigenvalue weighted by atomic mass is 9.89. The summed E-state index contributed by atoms with van der Waals surface area (Å²) in [5.41, 5.74) is 6.13. The van der Waals surface area contributed by atoms with Gasteiger partial charge in [-0.25, -0.2) is 0 Å². The minimum absolute atomic E-state index is 0.0213. The maximum absolute atomic E-state index is 10.9. The molecule has 2 nitrogen and oxygen atoms in total. The number of phenols is 1. The molecular weight excluding hydrogens is 349 g/mol. The summed E-state index contributed by atoms with van der Waals surface area (Å²) in [6.45, 7) is 15.1. The van der Waals surface area contributed by atoms with Gasteiger partial charge in [0.05, 0.1) is 0 Å². The van der Waals surface area contributed by atoms with Gasteiger partial charge in [-0.15, -0.1) is 0 Å². The van der Waals surface area contributed by atoms with E-state index in [-0.39, 0.29) is 5.16 Å². The van der Waals surface area contributed by atoms with Crippen molar-refractivity contribution in [2.24, 2.45) is 0 Å². The summed E-state index contributed by atoms with van der Waals surface area (Å²) in [6.07, 6.45) is 2.05. The van der Waals surface area contributed by atoms with Crippen LogP contribution in [-0.2, 0) is 11.7 Å². The summed E-state index contributed by atoms with van der Waals surface area (Å²) < 4.78 is 0. The second-order valence-corrected chi connectivity index (χ2v) is 9.54. The maximum atomic E-state index is 10.9. The van der Waals surface area contributed by atoms with E-state index in [1.165, 1.54) is 22.0 Å². The van der Waals surface area contributed by atoms with E-state index in [0.717, 1.165) is 37.1 Å². The Balaban J connectivity index is 2.58. The highest BCUT2D eigenvalue weighted by atomic mass is 31.1. The van der Waals surface area contributed by atoms with Crippen LogP contribution >= 0.6 is 8.58 Å². The Kier molecular flexibility index (Phi) is 7.48. The van der Waals surface area contributed by atoms with E-state index in [1.807, 2.05) is 6.92 Å². The van der Waals surface area contributed by atoms with E-state index < -0.39 is 0 Å². The summed E-state index contributed by atoms with van der Waals surface area (Å²) >= 11 is 0. The zero-order valence-electron chi connectivity index (χ0n) is 18.1. The van der Waals surface area contributed by atoms with Gasteiger partial charge >= 0.3 is 0 Å². The van der Waals surface area contributed by atoms with Crippen molar-refractivity contribution >= 4 is 13.9 Å². The van der Waals surface area contributed by atoms with Crippen LogP contribution in [0.25, 0.3) is 0 Å². The maximum Gasteiger partial charge on any atom is 0.122 e. The lowest BCUT2D eigenvalue weighted by Gasteiger charge is -2.35. The van der Waals surface area contributed by atoms with Gasteiger partial charge in [0.1, 0.15) is 5.75 Å². The normalized spacial score (nSPS) is 12.4. The molecule has 2 aromatic carbocycles. The molecule has 0 aliphatic carbocycles. The third kappa shape index (κ3) is 4.73. The van der Waals surface area contributed by atoms with E-state index in [0.29, 0.717) is 14.3 Å². The van der Waals surface area contributed by atoms with E-state index in [9.17, 15) is 5.11 Å². The van der Waals surface area contributed by atoms with Crippen LogP contribution < -0.4 is 5.30 Å². The van der Waals surface area contributed by atoms with Crippen molar-refractivity contribution in [2.75, 3.05) is 13.6 Å². The summed E-state index contributed by atoms with van der Waals surface area (Å²) in [5, 5.41) is 12.4. The fourth-order valence-corrected chi connectivity index (χ4v) is 5.64. The molecule has 0 amide bonds. The fraction of sp³-hybridized carbons (Fsp3) is 0.500. The Morgan fingerprint density at radius 2 is 1.67 bits per heavy atom. The van der Waals surface area contributed by atoms with Gasteiger partial charge in [-0.2, -0.15) is 0 Å². The number of phenolic OH excluding ortho intramolecular Hbond substituents is 1. The molecule has 1 N–H and O–H groups in total. The van der Waals surface area contributed by atoms with Gasteiger partial charge in [-0.3, -0.25) is 0 Å². The highest BCUT2D eigenvalue weighted by molar-refractivity contribution is 7.48. The smallest absolute Gasteiger partial charge is 0.122 e. The van der Waals surface area contributed by atoms with Gasteiger partial charge in [0.25, 0.3) is 0 Å². The summed E-state index contributed by atoms with van der Waals surface area (Å²) in [5.74, 6) is 0.484. The van der Waals surface area contributed by atoms with Gasteiger partial charge in [-0.1, -0.05) is 65.2 Å². The van der Waals surface area contributed by atoms with Crippen molar-refractivity contribution in [3.05, 3.63) is 58.1 Å². The Morgan fingerprint density at radius 1 is 1.00 bits per heavy atom. The van der Waals surface area contributed by atoms with Crippen LogP contribution in [0.2, 0.25) is 0 Å². The van der Waals surface area contributed by atoms with E-state index >= 15 is 0 Å². The molecule has 0 heterocycles. The summed E-state index contributed by atoms with van der Waals surface area (Å²) in [6, 6.07) is 11.0. The number of hydrogen-bond acceptors (Lipinski definition) is 2. The van der Waals surface area contributed by atoms with Crippen molar-refractivity contribution in [1.82, 2.24) is 4.90 Å². The molecule has 0 saturated heterocycles. The molecule has 0 aromatic heterocycles. The SMILES string of the molecule is CCN(C)Cc1cccc(C)c1PC(CC)(CC)c1cc(C)cc(C)c1O. The molecule has 1 atom stereocenters. The number of aryl methyl sites for hydroxylation is 3. The van der Waals surface area contributed by atoms with Gasteiger partial charge in [-0.05, 0) is 69.2 Å². The molecule has 3 heteroatoms. The first-order valence-electron chi connectivity index (χ1n) is 10.1. The molecule has 148 valence electrons. The summed E-state index contributed by atoms with van der Waals surface area (Å²) in [4.78, 5) is 2.36. The van der Waals surface area contributed by atoms with Crippen LogP contribution in [0.15, 0.2) is 30.3 Å². The van der Waals surface area contributed by atoms with Crippen LogP contribution in [0, 0.1) is 20.8 Å². The largest absolute Gasteiger partial charge is 0.507 e. The van der Waals surface area contributed by atoms with Crippen LogP contribution in [-0.4, -0.2) is 23.6 Å². The standard InChI is InChI=1S/C24H36NOP/c1-8-24(9-2,21-15-17(4)14-19(6)22(21)26)27-23-18(5)12-11-13-20(23)16-25(7)10-3/h11-15,26-27H,8-10,16H2,1-7H3. The highest BCUT2D eigenvalue weighted by Gasteiger charge is 2.33. The fourth-order valence-electron chi connectivity index (χ4n) is 3.88. The predicted octanol–water partition coefficient (Wildman–Crippen LogP) is 5.79. The Hall–Kier alpha value is -1.37. The van der Waals surface area contributed by atoms with Crippen LogP contribution in [0.5, 0.6) is 5.75 Å². The second-order valence-electron chi connectivity index (χ2n) is 7.83. The minimum atomic E-state index is -0.0213. The van der Waals surface area contributed by atoms with Crippen molar-refractivity contribution in [1.29, 1.82) is 0 Å². The Morgan fingerprint density at radius 3 is 2.26 bits per heavy atom. The Bertz CT molecular complexity index is 780. The van der Waals surface area contributed by atoms with E-state index in [4.69, 9.17) is 0 Å². The predicted molar refractivity (Wildman–Crippen MR) is 121 cm³/mol. The zero-order valence-corrected chi connectivity index (χ0v) is 19.1. The molecule has 0 radical (unpaired) electrons. The van der Waals surface area contributed by atoms with Gasteiger partial charge in [0.2, 0.25) is 0 Å². The molecule has 1 unspecified atom stereocenters. The summed E-state index contributed by atoms with van der Waals surface area (Å²) in [7, 11) is 2.82. The first-order chi connectivity index (χ1) is 12.8. The molecule has 2 rings (SSSR count). The number of benzene rings is 2. The molecule has 2 aromatic rings. The first kappa shape index (κ1) is 21.9. The third-order valence-corrected chi connectivity index (χ3v) is 8.29. The van der Waals surface area contributed by atoms with Gasteiger partial charge < -0.3 is 10.0 Å². The lowest BCUT2D eigenvalue weighted by Crippen LogP contribution is -2.27. The Labute approximate surface area is 167 Å².